The number of fused-ring (bicyclic) bond motifs is 1. The van der Waals surface area contributed by atoms with Gasteiger partial charge in [-0.2, -0.15) is 10.5 Å². The van der Waals surface area contributed by atoms with E-state index in [1.165, 1.54) is 0 Å². The van der Waals surface area contributed by atoms with Gasteiger partial charge in [0.05, 0.1) is 0 Å². The highest BCUT2D eigenvalue weighted by atomic mass is 16.5. The Bertz CT molecular complexity index is 1040. The van der Waals surface area contributed by atoms with Crippen molar-refractivity contribution in [1.29, 1.82) is 10.5 Å². The van der Waals surface area contributed by atoms with Gasteiger partial charge in [-0.05, 0) is 42.2 Å². The Morgan fingerprint density at radius 3 is 2.44 bits per heavy atom. The summed E-state index contributed by atoms with van der Waals surface area (Å²) in [5, 5.41) is 29.7. The van der Waals surface area contributed by atoms with Crippen LogP contribution in [0.25, 0.3) is 16.8 Å². The first kappa shape index (κ1) is 16.1. The summed E-state index contributed by atoms with van der Waals surface area (Å²) in [4.78, 5) is 0. The summed E-state index contributed by atoms with van der Waals surface area (Å²) in [6.45, 7) is 1.77. The maximum atomic E-state index is 9.96. The van der Waals surface area contributed by atoms with Gasteiger partial charge in [0.2, 0.25) is 0 Å². The fourth-order valence-corrected chi connectivity index (χ4v) is 2.66. The summed E-state index contributed by atoms with van der Waals surface area (Å²) in [5.41, 5.74) is 1.50. The van der Waals surface area contributed by atoms with Gasteiger partial charge in [0, 0.05) is 11.0 Å². The van der Waals surface area contributed by atoms with Crippen molar-refractivity contribution in [2.24, 2.45) is 0 Å². The van der Waals surface area contributed by atoms with Gasteiger partial charge in [0.25, 0.3) is 0 Å². The molecule has 2 aromatic carbocycles. The highest BCUT2D eigenvalue weighted by Gasteiger charge is 2.10. The average Bonchev–Trinajstić information content (AvgIpc) is 2.62. The molecule has 1 aliphatic heterocycles. The number of phenols is 1. The van der Waals surface area contributed by atoms with Gasteiger partial charge >= 0.3 is 0 Å². The van der Waals surface area contributed by atoms with Crippen LogP contribution in [0.4, 0.5) is 0 Å². The van der Waals surface area contributed by atoms with E-state index in [0.29, 0.717) is 17.1 Å². The summed E-state index contributed by atoms with van der Waals surface area (Å²) in [6, 6.07) is 14.8. The summed E-state index contributed by atoms with van der Waals surface area (Å²) in [5.74, 6) is 1.38. The molecule has 0 radical (unpaired) electrons. The van der Waals surface area contributed by atoms with E-state index in [1.54, 1.807) is 31.2 Å². The highest BCUT2D eigenvalue weighted by molar-refractivity contribution is 5.94. The van der Waals surface area contributed by atoms with Crippen molar-refractivity contribution in [2.45, 2.75) is 6.92 Å². The Labute approximate surface area is 145 Å². The van der Waals surface area contributed by atoms with Gasteiger partial charge in [0.1, 0.15) is 35.0 Å². The highest BCUT2D eigenvalue weighted by Crippen LogP contribution is 2.29. The van der Waals surface area contributed by atoms with Crippen LogP contribution < -0.4 is 0 Å². The van der Waals surface area contributed by atoms with Crippen molar-refractivity contribution >= 4 is 16.8 Å². The van der Waals surface area contributed by atoms with Crippen molar-refractivity contribution in [3.05, 3.63) is 82.9 Å². The lowest BCUT2D eigenvalue weighted by Crippen LogP contribution is -1.97. The number of phenolic OH excluding ortho intramolecular Hbond substituents is 1. The first-order valence-electron chi connectivity index (χ1n) is 7.63. The van der Waals surface area contributed by atoms with Crippen molar-refractivity contribution in [3.8, 4) is 17.9 Å². The average molecular weight is 326 g/mol. The van der Waals surface area contributed by atoms with Crippen molar-refractivity contribution in [3.63, 3.8) is 0 Å². The second-order valence-electron chi connectivity index (χ2n) is 5.51. The Morgan fingerprint density at radius 2 is 1.72 bits per heavy atom. The molecular formula is C21H14N2O2. The molecule has 1 heterocycles. The zero-order valence-electron chi connectivity index (χ0n) is 13.5. The van der Waals surface area contributed by atoms with Crippen molar-refractivity contribution in [1.82, 2.24) is 0 Å². The summed E-state index contributed by atoms with van der Waals surface area (Å²) in [7, 11) is 0. The molecule has 0 aliphatic carbocycles. The fraction of sp³-hybridized carbons (Fsp3) is 0.0476. The van der Waals surface area contributed by atoms with E-state index in [-0.39, 0.29) is 11.3 Å². The molecular weight excluding hydrogens is 312 g/mol. The first-order valence-corrected chi connectivity index (χ1v) is 7.63. The fourth-order valence-electron chi connectivity index (χ4n) is 2.66. The lowest BCUT2D eigenvalue weighted by Gasteiger charge is -2.13. The Hall–Kier alpha value is -3.76. The predicted octanol–water partition coefficient (Wildman–Crippen LogP) is 4.72. The van der Waals surface area contributed by atoms with Crippen LogP contribution >= 0.6 is 0 Å². The second-order valence-corrected chi connectivity index (χ2v) is 5.51. The molecule has 0 amide bonds. The third kappa shape index (κ3) is 3.29. The molecule has 4 heteroatoms. The molecule has 120 valence electrons. The number of ether oxygens (including phenoxy) is 1. The molecule has 0 saturated carbocycles. The van der Waals surface area contributed by atoms with Crippen LogP contribution in [-0.2, 0) is 4.74 Å². The van der Waals surface area contributed by atoms with Gasteiger partial charge < -0.3 is 9.84 Å². The predicted molar refractivity (Wildman–Crippen MR) is 95.8 cm³/mol. The van der Waals surface area contributed by atoms with E-state index in [2.05, 4.69) is 0 Å². The molecule has 0 fully saturated rings. The van der Waals surface area contributed by atoms with Crippen LogP contribution in [0.2, 0.25) is 0 Å². The van der Waals surface area contributed by atoms with Gasteiger partial charge in [-0.15, -0.1) is 0 Å². The Balaban J connectivity index is 2.01. The monoisotopic (exact) mass is 326 g/mol. The lowest BCUT2D eigenvalue weighted by atomic mass is 10.0. The maximum Gasteiger partial charge on any atom is 0.137 e. The lowest BCUT2D eigenvalue weighted by molar-refractivity contribution is 0.318. The third-order valence-corrected chi connectivity index (χ3v) is 3.81. The normalized spacial score (nSPS) is 13.6. The topological polar surface area (TPSA) is 77.0 Å². The number of nitrogens with zero attached hydrogens (tertiary/aromatic N) is 2. The molecule has 4 nitrogen and oxygen atoms in total. The Kier molecular flexibility index (Phi) is 4.37. The van der Waals surface area contributed by atoms with Crippen LogP contribution in [0.5, 0.6) is 5.75 Å². The first-order chi connectivity index (χ1) is 12.1. The molecule has 1 N–H and O–H groups in total. The van der Waals surface area contributed by atoms with Crippen LogP contribution in [0.1, 0.15) is 12.5 Å². The summed E-state index contributed by atoms with van der Waals surface area (Å²) < 4.78 is 5.65. The molecule has 0 saturated heterocycles. The summed E-state index contributed by atoms with van der Waals surface area (Å²) in [6.07, 6.45) is 6.98. The van der Waals surface area contributed by atoms with Crippen LogP contribution in [0.3, 0.4) is 0 Å². The zero-order chi connectivity index (χ0) is 17.8. The zero-order valence-corrected chi connectivity index (χ0v) is 13.5. The molecule has 0 aromatic heterocycles. The van der Waals surface area contributed by atoms with Gasteiger partial charge in [-0.25, -0.2) is 0 Å². The molecule has 2 aromatic rings. The van der Waals surface area contributed by atoms with E-state index >= 15 is 0 Å². The number of allylic oxidation sites excluding steroid dienone is 6. The number of hydrogen-bond acceptors (Lipinski definition) is 4. The third-order valence-electron chi connectivity index (χ3n) is 3.81. The minimum Gasteiger partial charge on any atom is -0.507 e. The number of rotatable bonds is 2. The quantitative estimate of drug-likeness (QED) is 0.810. The minimum absolute atomic E-state index is 0.0450. The molecule has 1 aliphatic rings. The van der Waals surface area contributed by atoms with Gasteiger partial charge in [0.15, 0.2) is 0 Å². The van der Waals surface area contributed by atoms with Crippen LogP contribution in [0, 0.1) is 22.7 Å². The van der Waals surface area contributed by atoms with Crippen LogP contribution in [0.15, 0.2) is 77.3 Å². The number of aromatic hydroxyl groups is 1. The number of hydrogen-bond donors (Lipinski definition) is 1. The molecule has 0 atom stereocenters. The molecule has 0 bridgehead atoms. The minimum atomic E-state index is 0.0450. The Morgan fingerprint density at radius 1 is 1.00 bits per heavy atom. The molecule has 0 unspecified atom stereocenters. The maximum absolute atomic E-state index is 9.96. The second kappa shape index (κ2) is 6.78. The number of benzene rings is 2. The van der Waals surface area contributed by atoms with E-state index < -0.39 is 0 Å². The van der Waals surface area contributed by atoms with E-state index in [4.69, 9.17) is 15.3 Å². The molecule has 25 heavy (non-hydrogen) atoms. The van der Waals surface area contributed by atoms with Gasteiger partial charge in [-0.3, -0.25) is 0 Å². The van der Waals surface area contributed by atoms with E-state index in [9.17, 15) is 5.11 Å². The summed E-state index contributed by atoms with van der Waals surface area (Å²) >= 11 is 0. The molecule has 0 spiro atoms. The SMILES string of the molecule is CC1=CC(=C(C#N)C#N)C=C(C=Cc2ccc(O)c3ccccc23)O1. The van der Waals surface area contributed by atoms with Crippen molar-refractivity contribution < 1.29 is 9.84 Å². The standard InChI is InChI=1S/C21H14N2O2/c1-14-10-16(17(12-22)13-23)11-18(25-14)8-6-15-7-9-21(24)20-5-3-2-4-19(15)20/h2-11,24H,1H3. The largest absolute Gasteiger partial charge is 0.507 e. The van der Waals surface area contributed by atoms with E-state index in [0.717, 1.165) is 16.3 Å². The van der Waals surface area contributed by atoms with Crippen molar-refractivity contribution in [2.75, 3.05) is 0 Å². The smallest absolute Gasteiger partial charge is 0.137 e. The molecule has 3 rings (SSSR count). The van der Waals surface area contributed by atoms with Crippen LogP contribution in [-0.4, -0.2) is 5.11 Å². The number of nitriles is 2. The van der Waals surface area contributed by atoms with E-state index in [1.807, 2.05) is 48.5 Å². The van der Waals surface area contributed by atoms with Gasteiger partial charge in [-0.1, -0.05) is 36.4 Å².